The highest BCUT2D eigenvalue weighted by molar-refractivity contribution is 7.17. The van der Waals surface area contributed by atoms with E-state index in [0.717, 1.165) is 35.2 Å². The Hall–Kier alpha value is -2.48. The van der Waals surface area contributed by atoms with Crippen LogP contribution < -0.4 is 16.0 Å². The minimum absolute atomic E-state index is 0.133. The lowest BCUT2D eigenvalue weighted by atomic mass is 9.96. The van der Waals surface area contributed by atoms with Gasteiger partial charge in [-0.15, -0.1) is 11.3 Å². The lowest BCUT2D eigenvalue weighted by Gasteiger charge is -2.17. The molecule has 1 aliphatic heterocycles. The molecule has 8 heteroatoms. The lowest BCUT2D eigenvalue weighted by molar-refractivity contribution is -0.129. The first kappa shape index (κ1) is 21.7. The molecule has 1 saturated heterocycles. The molecule has 6 nitrogen and oxygen atoms in total. The van der Waals surface area contributed by atoms with Gasteiger partial charge >= 0.3 is 0 Å². The van der Waals surface area contributed by atoms with E-state index in [4.69, 9.17) is 11.6 Å². The first-order valence-corrected chi connectivity index (χ1v) is 11.6. The molecule has 1 aliphatic rings. The van der Waals surface area contributed by atoms with E-state index in [1.807, 2.05) is 29.6 Å². The van der Waals surface area contributed by atoms with Crippen molar-refractivity contribution in [2.45, 2.75) is 38.4 Å². The fourth-order valence-corrected chi connectivity index (χ4v) is 4.95. The van der Waals surface area contributed by atoms with E-state index in [0.29, 0.717) is 17.5 Å². The number of hydrogen-bond acceptors (Lipinski definition) is 5. The van der Waals surface area contributed by atoms with Gasteiger partial charge in [-0.2, -0.15) is 0 Å². The molecule has 1 fully saturated rings. The van der Waals surface area contributed by atoms with Crippen LogP contribution in [0.2, 0.25) is 5.02 Å². The molecule has 0 aliphatic carbocycles. The third-order valence-electron chi connectivity index (χ3n) is 5.56. The number of amides is 2. The van der Waals surface area contributed by atoms with Crippen molar-refractivity contribution in [2.75, 3.05) is 6.54 Å². The maximum atomic E-state index is 12.6. The Labute approximate surface area is 190 Å². The van der Waals surface area contributed by atoms with Crippen molar-refractivity contribution in [3.63, 3.8) is 0 Å². The van der Waals surface area contributed by atoms with Gasteiger partial charge in [-0.3, -0.25) is 9.59 Å². The molecule has 31 heavy (non-hydrogen) atoms. The summed E-state index contributed by atoms with van der Waals surface area (Å²) in [6.07, 6.45) is 3.44. The Bertz CT molecular complexity index is 1070. The van der Waals surface area contributed by atoms with E-state index in [-0.39, 0.29) is 17.9 Å². The van der Waals surface area contributed by atoms with Crippen molar-refractivity contribution in [1.82, 2.24) is 20.9 Å². The van der Waals surface area contributed by atoms with Crippen LogP contribution >= 0.6 is 22.9 Å². The van der Waals surface area contributed by atoms with Crippen LogP contribution in [-0.2, 0) is 22.6 Å². The Morgan fingerprint density at radius 3 is 2.90 bits per heavy atom. The van der Waals surface area contributed by atoms with Gasteiger partial charge in [-0.1, -0.05) is 41.9 Å². The third kappa shape index (κ3) is 5.42. The maximum Gasteiger partial charge on any atom is 0.242 e. The molecule has 1 aromatic carbocycles. The van der Waals surface area contributed by atoms with Crippen molar-refractivity contribution in [2.24, 2.45) is 5.92 Å². The van der Waals surface area contributed by atoms with E-state index in [1.54, 1.807) is 13.1 Å². The van der Waals surface area contributed by atoms with E-state index in [2.05, 4.69) is 33.1 Å². The average molecular weight is 457 g/mol. The number of benzene rings is 1. The summed E-state index contributed by atoms with van der Waals surface area (Å²) in [5.74, 6) is 0.0451. The molecule has 0 bridgehead atoms. The summed E-state index contributed by atoms with van der Waals surface area (Å²) in [7, 11) is 0. The van der Waals surface area contributed by atoms with Crippen molar-refractivity contribution < 1.29 is 9.59 Å². The number of nitrogens with zero attached hydrogens (tertiary/aromatic N) is 1. The van der Waals surface area contributed by atoms with E-state index >= 15 is 0 Å². The van der Waals surface area contributed by atoms with Gasteiger partial charge in [0.1, 0.15) is 10.9 Å². The van der Waals surface area contributed by atoms with Crippen LogP contribution in [0.25, 0.3) is 10.2 Å². The number of halogens is 1. The summed E-state index contributed by atoms with van der Waals surface area (Å²) in [4.78, 5) is 30.3. The number of carbonyl (C=O) groups excluding carboxylic acids is 2. The van der Waals surface area contributed by atoms with Crippen LogP contribution in [0.15, 0.2) is 48.0 Å². The fourth-order valence-electron chi connectivity index (χ4n) is 3.86. The largest absolute Gasteiger partial charge is 0.350 e. The Morgan fingerprint density at radius 2 is 2.10 bits per heavy atom. The highest BCUT2D eigenvalue weighted by atomic mass is 35.5. The highest BCUT2D eigenvalue weighted by Gasteiger charge is 2.30. The van der Waals surface area contributed by atoms with Gasteiger partial charge < -0.3 is 16.0 Å². The Morgan fingerprint density at radius 1 is 1.29 bits per heavy atom. The fraction of sp³-hybridized carbons (Fsp3) is 0.348. The smallest absolute Gasteiger partial charge is 0.242 e. The maximum absolute atomic E-state index is 12.6. The summed E-state index contributed by atoms with van der Waals surface area (Å²) in [6, 6.07) is 11.3. The predicted molar refractivity (Wildman–Crippen MR) is 124 cm³/mol. The van der Waals surface area contributed by atoms with Crippen LogP contribution in [0, 0.1) is 5.92 Å². The molecule has 3 heterocycles. The molecular formula is C23H25ClN4O2S. The zero-order chi connectivity index (χ0) is 21.8. The second-order valence-electron chi connectivity index (χ2n) is 7.98. The van der Waals surface area contributed by atoms with Gasteiger partial charge in [-0.25, -0.2) is 4.98 Å². The number of fused-ring (bicyclic) bond motifs is 1. The Balaban J connectivity index is 1.24. The van der Waals surface area contributed by atoms with E-state index in [9.17, 15) is 9.59 Å². The second-order valence-corrected chi connectivity index (χ2v) is 9.25. The van der Waals surface area contributed by atoms with Gasteiger partial charge in [0.25, 0.3) is 0 Å². The monoisotopic (exact) mass is 456 g/mol. The van der Waals surface area contributed by atoms with Crippen LogP contribution in [0.5, 0.6) is 0 Å². The topological polar surface area (TPSA) is 83.1 Å². The van der Waals surface area contributed by atoms with Crippen LogP contribution in [-0.4, -0.2) is 35.4 Å². The van der Waals surface area contributed by atoms with Crippen molar-refractivity contribution in [3.8, 4) is 0 Å². The molecule has 162 valence electrons. The van der Waals surface area contributed by atoms with Gasteiger partial charge in [0.05, 0.1) is 11.1 Å². The number of nitrogens with one attached hydrogen (secondary N) is 3. The minimum Gasteiger partial charge on any atom is -0.350 e. The number of rotatable bonds is 7. The number of thiophene rings is 1. The molecule has 3 N–H and O–H groups in total. The van der Waals surface area contributed by atoms with Gasteiger partial charge in [-0.05, 0) is 49.4 Å². The molecule has 2 amide bonds. The van der Waals surface area contributed by atoms with Gasteiger partial charge in [0.15, 0.2) is 0 Å². The molecule has 3 aromatic rings. The van der Waals surface area contributed by atoms with Crippen LogP contribution in [0.3, 0.4) is 0 Å². The van der Waals surface area contributed by atoms with E-state index < -0.39 is 6.04 Å². The molecule has 2 aromatic heterocycles. The normalized spacial score (nSPS) is 19.3. The average Bonchev–Trinajstić information content (AvgIpc) is 3.39. The van der Waals surface area contributed by atoms with E-state index in [1.165, 1.54) is 16.9 Å². The predicted octanol–water partition coefficient (Wildman–Crippen LogP) is 3.29. The molecular weight excluding hydrogens is 432 g/mol. The number of carbonyl (C=O) groups is 2. The molecule has 4 rings (SSSR count). The zero-order valence-corrected chi connectivity index (χ0v) is 18.8. The lowest BCUT2D eigenvalue weighted by Crippen LogP contribution is -2.49. The zero-order valence-electron chi connectivity index (χ0n) is 17.2. The summed E-state index contributed by atoms with van der Waals surface area (Å²) in [6.45, 7) is 2.82. The summed E-state index contributed by atoms with van der Waals surface area (Å²) in [5, 5.41) is 12.4. The summed E-state index contributed by atoms with van der Waals surface area (Å²) >= 11 is 7.65. The number of pyridine rings is 1. The number of hydrogen-bond donors (Lipinski definition) is 3. The minimum atomic E-state index is -0.621. The summed E-state index contributed by atoms with van der Waals surface area (Å²) in [5.41, 5.74) is 2.14. The second kappa shape index (κ2) is 9.77. The van der Waals surface area contributed by atoms with Crippen molar-refractivity contribution >= 4 is 45.0 Å². The third-order valence-corrected chi connectivity index (χ3v) is 6.91. The molecule has 0 saturated carbocycles. The van der Waals surface area contributed by atoms with Crippen LogP contribution in [0.1, 0.15) is 24.5 Å². The summed E-state index contributed by atoms with van der Waals surface area (Å²) < 4.78 is 0. The highest BCUT2D eigenvalue weighted by Crippen LogP contribution is 2.28. The molecule has 0 unspecified atom stereocenters. The molecule has 0 radical (unpaired) electrons. The Kier molecular flexibility index (Phi) is 6.85. The standard InChI is InChI=1S/C23H25ClN4O2S/c1-14(21(29)26-11-17-8-18-19(24)13-31-23(18)27-12-17)28-22(30)20-9-16(10-25-20)7-15-5-3-2-4-6-15/h2-6,8,12-14,16,20,25H,7,9-11H2,1H3,(H,26,29)(H,28,30)/t14-,16-,20+/m0/s1. The molecule has 0 spiro atoms. The van der Waals surface area contributed by atoms with Crippen LogP contribution in [0.4, 0.5) is 0 Å². The first-order chi connectivity index (χ1) is 15.0. The quantitative estimate of drug-likeness (QED) is 0.509. The van der Waals surface area contributed by atoms with Gasteiger partial charge in [0, 0.05) is 23.5 Å². The van der Waals surface area contributed by atoms with Crippen molar-refractivity contribution in [3.05, 3.63) is 64.1 Å². The molecule has 3 atom stereocenters. The SMILES string of the molecule is C[C@H](NC(=O)[C@H]1C[C@H](Cc2ccccc2)CN1)C(=O)NCc1cnc2scc(Cl)c2c1. The first-order valence-electron chi connectivity index (χ1n) is 10.4. The van der Waals surface area contributed by atoms with Gasteiger partial charge in [0.2, 0.25) is 11.8 Å². The number of aromatic nitrogens is 1. The van der Waals surface area contributed by atoms with Crippen molar-refractivity contribution in [1.29, 1.82) is 0 Å².